The molecule has 2 unspecified atom stereocenters. The van der Waals surface area contributed by atoms with Crippen LogP contribution in [0.1, 0.15) is 51.9 Å². The highest BCUT2D eigenvalue weighted by Gasteiger charge is 2.21. The molecule has 0 saturated carbocycles. The third-order valence-corrected chi connectivity index (χ3v) is 3.15. The predicted octanol–water partition coefficient (Wildman–Crippen LogP) is 3.72. The Morgan fingerprint density at radius 1 is 1.20 bits per heavy atom. The Hall–Kier alpha value is 0.210. The van der Waals surface area contributed by atoms with Gasteiger partial charge < -0.3 is 9.47 Å². The largest absolute Gasteiger partial charge is 0.353 e. The van der Waals surface area contributed by atoms with Crippen molar-refractivity contribution in [1.29, 1.82) is 0 Å². The van der Waals surface area contributed by atoms with Gasteiger partial charge in [-0.1, -0.05) is 32.6 Å². The molecule has 0 aliphatic carbocycles. The summed E-state index contributed by atoms with van der Waals surface area (Å²) in [5, 5.41) is 0. The molecule has 1 rings (SSSR count). The van der Waals surface area contributed by atoms with Gasteiger partial charge in [-0.3, -0.25) is 0 Å². The van der Waals surface area contributed by atoms with Crippen molar-refractivity contribution < 1.29 is 9.47 Å². The van der Waals surface area contributed by atoms with E-state index >= 15 is 0 Å². The molecule has 2 atom stereocenters. The average molecular weight is 235 g/mol. The molecule has 0 radical (unpaired) electrons. The lowest BCUT2D eigenvalue weighted by Gasteiger charge is -2.29. The monoisotopic (exact) mass is 234 g/mol. The Morgan fingerprint density at radius 3 is 2.73 bits per heavy atom. The molecule has 2 nitrogen and oxygen atoms in total. The second kappa shape index (κ2) is 8.37. The summed E-state index contributed by atoms with van der Waals surface area (Å²) in [6.07, 6.45) is 8.66. The zero-order chi connectivity index (χ0) is 10.9. The molecule has 0 aromatic rings. The van der Waals surface area contributed by atoms with Crippen molar-refractivity contribution in [3.05, 3.63) is 0 Å². The third kappa shape index (κ3) is 5.74. The first-order valence-electron chi connectivity index (χ1n) is 6.19. The maximum Gasteiger partial charge on any atom is 0.158 e. The summed E-state index contributed by atoms with van der Waals surface area (Å²) in [7, 11) is 0. The summed E-state index contributed by atoms with van der Waals surface area (Å²) < 4.78 is 11.2. The lowest BCUT2D eigenvalue weighted by Crippen LogP contribution is -2.33. The van der Waals surface area contributed by atoms with Gasteiger partial charge in [-0.05, 0) is 19.3 Å². The maximum atomic E-state index is 5.77. The van der Waals surface area contributed by atoms with Crippen molar-refractivity contribution in [1.82, 2.24) is 0 Å². The molecule has 15 heavy (non-hydrogen) atoms. The minimum Gasteiger partial charge on any atom is -0.353 e. The number of ether oxygens (including phenoxy) is 2. The highest BCUT2D eigenvalue weighted by atomic mass is 35.5. The number of rotatable bonds is 7. The zero-order valence-electron chi connectivity index (χ0n) is 9.71. The topological polar surface area (TPSA) is 18.5 Å². The molecule has 0 aromatic heterocycles. The van der Waals surface area contributed by atoms with Crippen molar-refractivity contribution in [2.24, 2.45) is 0 Å². The van der Waals surface area contributed by atoms with Crippen LogP contribution in [0.2, 0.25) is 0 Å². The summed E-state index contributed by atoms with van der Waals surface area (Å²) in [4.78, 5) is 0. The Kier molecular flexibility index (Phi) is 7.41. The summed E-state index contributed by atoms with van der Waals surface area (Å²) in [5.74, 6) is 0.593. The molecule has 0 bridgehead atoms. The standard InChI is InChI=1S/C12H23ClO2/c1-2-3-4-5-6-7-12-14-9-8-11(10-13)15-12/h11-12H,2-10H2,1H3. The molecule has 0 aromatic carbocycles. The Labute approximate surface area is 98.3 Å². The molecule has 3 heteroatoms. The van der Waals surface area contributed by atoms with E-state index < -0.39 is 0 Å². The fourth-order valence-electron chi connectivity index (χ4n) is 1.83. The van der Waals surface area contributed by atoms with Gasteiger partial charge in [0.1, 0.15) is 0 Å². The van der Waals surface area contributed by atoms with Gasteiger partial charge in [-0.2, -0.15) is 0 Å². The molecular weight excluding hydrogens is 212 g/mol. The third-order valence-electron chi connectivity index (χ3n) is 2.80. The van der Waals surface area contributed by atoms with Crippen LogP contribution in [0.4, 0.5) is 0 Å². The van der Waals surface area contributed by atoms with Crippen LogP contribution in [0.25, 0.3) is 0 Å². The molecule has 1 fully saturated rings. The Morgan fingerprint density at radius 2 is 2.00 bits per heavy atom. The van der Waals surface area contributed by atoms with Gasteiger partial charge >= 0.3 is 0 Å². The Balaban J connectivity index is 2.00. The van der Waals surface area contributed by atoms with Crippen molar-refractivity contribution in [3.63, 3.8) is 0 Å². The van der Waals surface area contributed by atoms with E-state index in [1.165, 1.54) is 32.1 Å². The van der Waals surface area contributed by atoms with E-state index in [1.807, 2.05) is 0 Å². The van der Waals surface area contributed by atoms with Crippen LogP contribution < -0.4 is 0 Å². The highest BCUT2D eigenvalue weighted by molar-refractivity contribution is 6.18. The number of hydrogen-bond donors (Lipinski definition) is 0. The van der Waals surface area contributed by atoms with Crippen LogP contribution in [0.5, 0.6) is 0 Å². The number of alkyl halides is 1. The molecular formula is C12H23ClO2. The van der Waals surface area contributed by atoms with Crippen LogP contribution in [0.15, 0.2) is 0 Å². The van der Waals surface area contributed by atoms with Crippen molar-refractivity contribution in [2.45, 2.75) is 64.3 Å². The molecule has 1 aliphatic heterocycles. The normalized spacial score (nSPS) is 26.8. The smallest absolute Gasteiger partial charge is 0.158 e. The van der Waals surface area contributed by atoms with Crippen molar-refractivity contribution >= 4 is 11.6 Å². The van der Waals surface area contributed by atoms with E-state index in [2.05, 4.69) is 6.92 Å². The second-order valence-electron chi connectivity index (χ2n) is 4.20. The van der Waals surface area contributed by atoms with Crippen LogP contribution >= 0.6 is 11.6 Å². The van der Waals surface area contributed by atoms with Gasteiger partial charge in [0.2, 0.25) is 0 Å². The summed E-state index contributed by atoms with van der Waals surface area (Å²) >= 11 is 5.77. The predicted molar refractivity (Wildman–Crippen MR) is 63.3 cm³/mol. The molecule has 0 spiro atoms. The lowest BCUT2D eigenvalue weighted by atomic mass is 10.1. The van der Waals surface area contributed by atoms with Crippen LogP contribution in [-0.4, -0.2) is 24.9 Å². The summed E-state index contributed by atoms with van der Waals surface area (Å²) in [6.45, 7) is 3.04. The molecule has 1 aliphatic rings. The average Bonchev–Trinajstić information content (AvgIpc) is 2.29. The number of unbranched alkanes of at least 4 members (excludes halogenated alkanes) is 4. The van der Waals surface area contributed by atoms with Gasteiger partial charge in [-0.25, -0.2) is 0 Å². The van der Waals surface area contributed by atoms with E-state index in [1.54, 1.807) is 0 Å². The highest BCUT2D eigenvalue weighted by Crippen LogP contribution is 2.18. The van der Waals surface area contributed by atoms with Crippen molar-refractivity contribution in [2.75, 3.05) is 12.5 Å². The van der Waals surface area contributed by atoms with E-state index in [4.69, 9.17) is 21.1 Å². The minimum absolute atomic E-state index is 0.00382. The van der Waals surface area contributed by atoms with Crippen LogP contribution in [0.3, 0.4) is 0 Å². The van der Waals surface area contributed by atoms with Gasteiger partial charge in [0.15, 0.2) is 6.29 Å². The molecule has 90 valence electrons. The summed E-state index contributed by atoms with van der Waals surface area (Å²) in [6, 6.07) is 0. The molecule has 0 N–H and O–H groups in total. The second-order valence-corrected chi connectivity index (χ2v) is 4.51. The van der Waals surface area contributed by atoms with Gasteiger partial charge in [0.05, 0.1) is 12.7 Å². The van der Waals surface area contributed by atoms with Crippen molar-refractivity contribution in [3.8, 4) is 0 Å². The fraction of sp³-hybridized carbons (Fsp3) is 1.00. The van der Waals surface area contributed by atoms with Gasteiger partial charge in [0, 0.05) is 5.88 Å². The van der Waals surface area contributed by atoms with E-state index in [-0.39, 0.29) is 12.4 Å². The first kappa shape index (κ1) is 13.3. The van der Waals surface area contributed by atoms with E-state index in [0.717, 1.165) is 19.4 Å². The summed E-state index contributed by atoms with van der Waals surface area (Å²) in [5.41, 5.74) is 0. The van der Waals surface area contributed by atoms with E-state index in [9.17, 15) is 0 Å². The quantitative estimate of drug-likeness (QED) is 0.494. The maximum absolute atomic E-state index is 5.77. The molecule has 1 saturated heterocycles. The van der Waals surface area contributed by atoms with Gasteiger partial charge in [0.25, 0.3) is 0 Å². The first-order valence-corrected chi connectivity index (χ1v) is 6.73. The first-order chi connectivity index (χ1) is 7.36. The Bertz CT molecular complexity index is 153. The SMILES string of the molecule is CCCCCCCC1OCCC(CCl)O1. The fourth-order valence-corrected chi connectivity index (χ4v) is 2.06. The minimum atomic E-state index is 0.00382. The van der Waals surface area contributed by atoms with Crippen LogP contribution in [0, 0.1) is 0 Å². The lowest BCUT2D eigenvalue weighted by molar-refractivity contribution is -0.209. The van der Waals surface area contributed by atoms with Gasteiger partial charge in [-0.15, -0.1) is 11.6 Å². The molecule has 0 amide bonds. The van der Waals surface area contributed by atoms with Crippen LogP contribution in [-0.2, 0) is 9.47 Å². The van der Waals surface area contributed by atoms with E-state index in [0.29, 0.717) is 5.88 Å². The number of halogens is 1. The number of hydrogen-bond acceptors (Lipinski definition) is 2. The molecule has 1 heterocycles. The zero-order valence-corrected chi connectivity index (χ0v) is 10.5.